The first-order chi connectivity index (χ1) is 7.61. The average Bonchev–Trinajstić information content (AvgIpc) is 2.64. The lowest BCUT2D eigenvalue weighted by Gasteiger charge is -2.12. The third-order valence-electron chi connectivity index (χ3n) is 2.42. The molecule has 0 spiro atoms. The molecule has 0 saturated heterocycles. The van der Waals surface area contributed by atoms with E-state index in [0.29, 0.717) is 4.88 Å². The Bertz CT molecular complexity index is 487. The quantitative estimate of drug-likeness (QED) is 0.852. The Hall–Kier alpha value is -1.26. The van der Waals surface area contributed by atoms with E-state index in [9.17, 15) is 13.9 Å². The maximum atomic E-state index is 13.4. The summed E-state index contributed by atoms with van der Waals surface area (Å²) in [7, 11) is 0. The summed E-state index contributed by atoms with van der Waals surface area (Å²) in [5.41, 5.74) is 0.549. The highest BCUT2D eigenvalue weighted by molar-refractivity contribution is 7.10. The van der Waals surface area contributed by atoms with Gasteiger partial charge in [-0.05, 0) is 36.1 Å². The van der Waals surface area contributed by atoms with Crippen molar-refractivity contribution in [3.8, 4) is 0 Å². The number of aliphatic hydroxyl groups excluding tert-OH is 1. The molecule has 1 nitrogen and oxygen atoms in total. The van der Waals surface area contributed by atoms with Crippen LogP contribution < -0.4 is 0 Å². The molecule has 84 valence electrons. The monoisotopic (exact) mass is 240 g/mol. The average molecular weight is 240 g/mol. The lowest BCUT2D eigenvalue weighted by molar-refractivity contribution is 0.212. The van der Waals surface area contributed by atoms with Crippen molar-refractivity contribution in [2.24, 2.45) is 0 Å². The molecule has 0 aliphatic heterocycles. The minimum absolute atomic E-state index is 0.284. The van der Waals surface area contributed by atoms with Crippen LogP contribution >= 0.6 is 11.3 Å². The zero-order chi connectivity index (χ0) is 11.7. The summed E-state index contributed by atoms with van der Waals surface area (Å²) in [6.07, 6.45) is -1.24. The molecule has 0 aliphatic rings. The summed E-state index contributed by atoms with van der Waals surface area (Å²) < 4.78 is 26.9. The van der Waals surface area contributed by atoms with Gasteiger partial charge in [-0.3, -0.25) is 0 Å². The van der Waals surface area contributed by atoms with Gasteiger partial charge in [-0.15, -0.1) is 11.3 Å². The number of halogens is 2. The fourth-order valence-electron chi connectivity index (χ4n) is 1.57. The van der Waals surface area contributed by atoms with Crippen LogP contribution in [0.3, 0.4) is 0 Å². The molecule has 2 aromatic rings. The molecule has 0 bridgehead atoms. The lowest BCUT2D eigenvalue weighted by atomic mass is 10.0. The SMILES string of the molecule is Cc1ccsc1C(O)c1c(F)cccc1F. The van der Waals surface area contributed by atoms with Crippen molar-refractivity contribution in [3.05, 3.63) is 57.3 Å². The van der Waals surface area contributed by atoms with Crippen LogP contribution in [0.15, 0.2) is 29.6 Å². The van der Waals surface area contributed by atoms with Crippen molar-refractivity contribution in [2.45, 2.75) is 13.0 Å². The van der Waals surface area contributed by atoms with E-state index in [-0.39, 0.29) is 5.56 Å². The van der Waals surface area contributed by atoms with Gasteiger partial charge in [0.25, 0.3) is 0 Å². The largest absolute Gasteiger partial charge is 0.383 e. The molecule has 1 heterocycles. The van der Waals surface area contributed by atoms with Gasteiger partial charge in [0.2, 0.25) is 0 Å². The topological polar surface area (TPSA) is 20.2 Å². The predicted molar refractivity (Wildman–Crippen MR) is 59.5 cm³/mol. The van der Waals surface area contributed by atoms with Gasteiger partial charge in [0.1, 0.15) is 17.7 Å². The van der Waals surface area contributed by atoms with Crippen LogP contribution in [0.2, 0.25) is 0 Å². The van der Waals surface area contributed by atoms with E-state index < -0.39 is 17.7 Å². The number of benzene rings is 1. The maximum Gasteiger partial charge on any atom is 0.132 e. The molecule has 16 heavy (non-hydrogen) atoms. The predicted octanol–water partition coefficient (Wildman–Crippen LogP) is 3.42. The van der Waals surface area contributed by atoms with Crippen LogP contribution in [0.5, 0.6) is 0 Å². The third-order valence-corrected chi connectivity index (χ3v) is 3.49. The molecule has 0 radical (unpaired) electrons. The van der Waals surface area contributed by atoms with E-state index >= 15 is 0 Å². The van der Waals surface area contributed by atoms with Crippen LogP contribution in [-0.4, -0.2) is 5.11 Å². The van der Waals surface area contributed by atoms with Crippen molar-refractivity contribution >= 4 is 11.3 Å². The smallest absolute Gasteiger partial charge is 0.132 e. The van der Waals surface area contributed by atoms with Gasteiger partial charge >= 0.3 is 0 Å². The molecular formula is C12H10F2OS. The van der Waals surface area contributed by atoms with Crippen molar-refractivity contribution < 1.29 is 13.9 Å². The second-order valence-electron chi connectivity index (χ2n) is 3.51. The van der Waals surface area contributed by atoms with E-state index in [4.69, 9.17) is 0 Å². The summed E-state index contributed by atoms with van der Waals surface area (Å²) in [6.45, 7) is 1.80. The van der Waals surface area contributed by atoms with E-state index in [2.05, 4.69) is 0 Å². The number of aliphatic hydroxyl groups is 1. The van der Waals surface area contributed by atoms with Gasteiger partial charge < -0.3 is 5.11 Å². The standard InChI is InChI=1S/C12H10F2OS/c1-7-5-6-16-12(7)11(15)10-8(13)3-2-4-9(10)14/h2-6,11,15H,1H3. The normalized spacial score (nSPS) is 12.8. The summed E-state index contributed by atoms with van der Waals surface area (Å²) in [4.78, 5) is 0.573. The lowest BCUT2D eigenvalue weighted by Crippen LogP contribution is -2.05. The first-order valence-corrected chi connectivity index (χ1v) is 5.65. The van der Waals surface area contributed by atoms with Gasteiger partial charge in [0, 0.05) is 4.88 Å². The number of rotatable bonds is 2. The highest BCUT2D eigenvalue weighted by Crippen LogP contribution is 2.31. The first kappa shape index (κ1) is 11.2. The number of thiophene rings is 1. The second-order valence-corrected chi connectivity index (χ2v) is 4.45. The summed E-state index contributed by atoms with van der Waals surface area (Å²) in [5.74, 6) is -1.44. The molecule has 0 aliphatic carbocycles. The van der Waals surface area contributed by atoms with Gasteiger partial charge in [-0.2, -0.15) is 0 Å². The molecule has 0 saturated carbocycles. The molecule has 1 aromatic heterocycles. The molecular weight excluding hydrogens is 230 g/mol. The molecule has 4 heteroatoms. The Morgan fingerprint density at radius 2 is 1.81 bits per heavy atom. The van der Waals surface area contributed by atoms with Gasteiger partial charge in [0.05, 0.1) is 5.56 Å². The Labute approximate surface area is 96.0 Å². The zero-order valence-corrected chi connectivity index (χ0v) is 9.39. The van der Waals surface area contributed by atoms with Crippen LogP contribution in [0, 0.1) is 18.6 Å². The van der Waals surface area contributed by atoms with Gasteiger partial charge in [-0.25, -0.2) is 8.78 Å². The molecule has 1 unspecified atom stereocenters. The fourth-order valence-corrected chi connectivity index (χ4v) is 2.49. The van der Waals surface area contributed by atoms with Crippen LogP contribution in [-0.2, 0) is 0 Å². The number of hydrogen-bond donors (Lipinski definition) is 1. The Morgan fingerprint density at radius 1 is 1.19 bits per heavy atom. The second kappa shape index (κ2) is 4.31. The molecule has 1 N–H and O–H groups in total. The van der Waals surface area contributed by atoms with E-state index in [1.54, 1.807) is 12.3 Å². The van der Waals surface area contributed by atoms with Crippen LogP contribution in [0.1, 0.15) is 22.1 Å². The Morgan fingerprint density at radius 3 is 2.31 bits per heavy atom. The fraction of sp³-hybridized carbons (Fsp3) is 0.167. The molecule has 0 fully saturated rings. The van der Waals surface area contributed by atoms with Crippen molar-refractivity contribution in [2.75, 3.05) is 0 Å². The van der Waals surface area contributed by atoms with Crippen molar-refractivity contribution in [1.29, 1.82) is 0 Å². The van der Waals surface area contributed by atoms with Crippen molar-refractivity contribution in [1.82, 2.24) is 0 Å². The summed E-state index contributed by atoms with van der Waals surface area (Å²) >= 11 is 1.29. The van der Waals surface area contributed by atoms with E-state index in [1.807, 2.05) is 6.07 Å². The number of aryl methyl sites for hydroxylation is 1. The molecule has 2 rings (SSSR count). The van der Waals surface area contributed by atoms with E-state index in [1.165, 1.54) is 17.4 Å². The molecule has 1 atom stereocenters. The highest BCUT2D eigenvalue weighted by Gasteiger charge is 2.21. The first-order valence-electron chi connectivity index (χ1n) is 4.77. The Balaban J connectivity index is 2.49. The summed E-state index contributed by atoms with van der Waals surface area (Å²) in [6, 6.07) is 5.37. The molecule has 0 amide bonds. The van der Waals surface area contributed by atoms with Crippen LogP contribution in [0.25, 0.3) is 0 Å². The zero-order valence-electron chi connectivity index (χ0n) is 8.58. The van der Waals surface area contributed by atoms with E-state index in [0.717, 1.165) is 17.7 Å². The summed E-state index contributed by atoms with van der Waals surface area (Å²) in [5, 5.41) is 11.7. The maximum absolute atomic E-state index is 13.4. The van der Waals surface area contributed by atoms with Gasteiger partial charge in [-0.1, -0.05) is 6.07 Å². The minimum atomic E-state index is -1.24. The van der Waals surface area contributed by atoms with Crippen LogP contribution in [0.4, 0.5) is 8.78 Å². The molecule has 1 aromatic carbocycles. The Kier molecular flexibility index (Phi) is 3.03. The van der Waals surface area contributed by atoms with Gasteiger partial charge in [0.15, 0.2) is 0 Å². The highest BCUT2D eigenvalue weighted by atomic mass is 32.1. The number of hydrogen-bond acceptors (Lipinski definition) is 2. The third kappa shape index (κ3) is 1.86. The van der Waals surface area contributed by atoms with Crippen molar-refractivity contribution in [3.63, 3.8) is 0 Å². The minimum Gasteiger partial charge on any atom is -0.383 e.